The van der Waals surface area contributed by atoms with Crippen molar-refractivity contribution < 1.29 is 22.8 Å². The van der Waals surface area contributed by atoms with Crippen LogP contribution in [0.5, 0.6) is 0 Å². The average molecular weight is 420 g/mol. The zero-order valence-corrected chi connectivity index (χ0v) is 16.9. The molecule has 3 atom stereocenters. The summed E-state index contributed by atoms with van der Waals surface area (Å²) in [6.45, 7) is 1.54. The highest BCUT2D eigenvalue weighted by Crippen LogP contribution is 2.52. The van der Waals surface area contributed by atoms with Crippen molar-refractivity contribution in [2.45, 2.75) is 69.1 Å². The van der Waals surface area contributed by atoms with Gasteiger partial charge in [-0.3, -0.25) is 9.59 Å². The number of carbonyl (C=O) groups excluding carboxylic acids is 2. The van der Waals surface area contributed by atoms with Gasteiger partial charge in [-0.05, 0) is 68.4 Å². The fourth-order valence-corrected chi connectivity index (χ4v) is 5.89. The third-order valence-corrected chi connectivity index (χ3v) is 7.56. The van der Waals surface area contributed by atoms with Gasteiger partial charge in [-0.25, -0.2) is 0 Å². The molecule has 1 aromatic rings. The number of halogens is 3. The first-order valence-corrected chi connectivity index (χ1v) is 11.1. The second kappa shape index (κ2) is 7.27. The van der Waals surface area contributed by atoms with Crippen LogP contribution in [-0.4, -0.2) is 46.8 Å². The molecule has 162 valence electrons. The number of fused-ring (bicyclic) bond motifs is 3. The molecule has 2 aliphatic carbocycles. The van der Waals surface area contributed by atoms with E-state index in [9.17, 15) is 22.8 Å². The van der Waals surface area contributed by atoms with Gasteiger partial charge in [0.2, 0.25) is 11.8 Å². The van der Waals surface area contributed by atoms with Gasteiger partial charge in [-0.2, -0.15) is 13.2 Å². The van der Waals surface area contributed by atoms with Crippen LogP contribution in [0.15, 0.2) is 24.3 Å². The summed E-state index contributed by atoms with van der Waals surface area (Å²) < 4.78 is 39.2. The molecule has 0 spiro atoms. The molecule has 2 saturated carbocycles. The topological polar surface area (TPSA) is 40.6 Å². The van der Waals surface area contributed by atoms with Gasteiger partial charge in [0.25, 0.3) is 0 Å². The Labute approximate surface area is 174 Å². The van der Waals surface area contributed by atoms with E-state index < -0.39 is 11.7 Å². The molecule has 3 saturated heterocycles. The Morgan fingerprint density at radius 3 is 2.33 bits per heavy atom. The van der Waals surface area contributed by atoms with Gasteiger partial charge in [-0.1, -0.05) is 18.2 Å². The highest BCUT2D eigenvalue weighted by atomic mass is 19.4. The molecular weight excluding hydrogens is 393 g/mol. The predicted octanol–water partition coefficient (Wildman–Crippen LogP) is 4.20. The lowest BCUT2D eigenvalue weighted by molar-refractivity contribution is -0.159. The van der Waals surface area contributed by atoms with Gasteiger partial charge in [0.05, 0.1) is 5.56 Å². The molecule has 6 rings (SSSR count). The molecule has 30 heavy (non-hydrogen) atoms. The Bertz CT molecular complexity index is 841. The average Bonchev–Trinajstić information content (AvgIpc) is 3.36. The molecule has 7 heteroatoms. The Kier molecular flexibility index (Phi) is 4.82. The van der Waals surface area contributed by atoms with E-state index in [1.54, 1.807) is 6.07 Å². The third kappa shape index (κ3) is 3.40. The third-order valence-electron chi connectivity index (χ3n) is 7.56. The van der Waals surface area contributed by atoms with Gasteiger partial charge >= 0.3 is 6.18 Å². The minimum Gasteiger partial charge on any atom is -0.341 e. The Morgan fingerprint density at radius 1 is 0.967 bits per heavy atom. The number of alkyl halides is 3. The lowest BCUT2D eigenvalue weighted by atomic mass is 9.73. The number of rotatable bonds is 3. The molecule has 2 amide bonds. The highest BCUT2D eigenvalue weighted by Gasteiger charge is 2.54. The van der Waals surface area contributed by atoms with Gasteiger partial charge in [0, 0.05) is 25.0 Å². The van der Waals surface area contributed by atoms with Gasteiger partial charge in [0.15, 0.2) is 0 Å². The summed E-state index contributed by atoms with van der Waals surface area (Å²) in [7, 11) is 0. The zero-order valence-electron chi connectivity index (χ0n) is 16.9. The largest absolute Gasteiger partial charge is 0.416 e. The van der Waals surface area contributed by atoms with E-state index in [1.807, 2.05) is 9.80 Å². The molecule has 1 aromatic carbocycles. The minimum atomic E-state index is -4.39. The van der Waals surface area contributed by atoms with E-state index in [0.29, 0.717) is 12.0 Å². The van der Waals surface area contributed by atoms with Crippen LogP contribution in [0.3, 0.4) is 0 Å². The number of amides is 2. The predicted molar refractivity (Wildman–Crippen MR) is 104 cm³/mol. The number of hydrogen-bond acceptors (Lipinski definition) is 2. The first-order valence-electron chi connectivity index (χ1n) is 11.1. The molecule has 2 bridgehead atoms. The second-order valence-electron chi connectivity index (χ2n) is 9.36. The number of nitrogens with zero attached hydrogens (tertiary/aromatic N) is 2. The van der Waals surface area contributed by atoms with Crippen LogP contribution >= 0.6 is 0 Å². The van der Waals surface area contributed by atoms with Crippen molar-refractivity contribution in [3.63, 3.8) is 0 Å². The van der Waals surface area contributed by atoms with Crippen LogP contribution in [0.25, 0.3) is 0 Å². The first kappa shape index (κ1) is 19.9. The van der Waals surface area contributed by atoms with Crippen molar-refractivity contribution in [1.82, 2.24) is 9.80 Å². The SMILES string of the molecule is O=C([C@@H]1C2CCC(CC2)N1C(=O)C1CC1c1cccc(C(F)(F)F)c1)N1CCCC1. The molecule has 0 radical (unpaired) electrons. The maximum Gasteiger partial charge on any atom is 0.416 e. The minimum absolute atomic E-state index is 0.0237. The maximum atomic E-state index is 13.5. The lowest BCUT2D eigenvalue weighted by Gasteiger charge is -2.51. The van der Waals surface area contributed by atoms with Crippen LogP contribution in [-0.2, 0) is 15.8 Å². The summed E-state index contributed by atoms with van der Waals surface area (Å²) in [5.74, 6) is -0.196. The monoisotopic (exact) mass is 420 g/mol. The van der Waals surface area contributed by atoms with Crippen molar-refractivity contribution in [1.29, 1.82) is 0 Å². The van der Waals surface area contributed by atoms with Crippen molar-refractivity contribution in [3.8, 4) is 0 Å². The van der Waals surface area contributed by atoms with Gasteiger partial charge in [-0.15, -0.1) is 0 Å². The number of piperidine rings is 2. The molecule has 2 unspecified atom stereocenters. The van der Waals surface area contributed by atoms with Crippen LogP contribution < -0.4 is 0 Å². The summed E-state index contributed by atoms with van der Waals surface area (Å²) in [6.07, 6.45) is 2.05. The van der Waals surface area contributed by atoms with Crippen LogP contribution in [0, 0.1) is 11.8 Å². The zero-order chi connectivity index (χ0) is 21.0. The quantitative estimate of drug-likeness (QED) is 0.735. The van der Waals surface area contributed by atoms with Crippen molar-refractivity contribution in [2.75, 3.05) is 13.1 Å². The molecule has 0 N–H and O–H groups in total. The summed E-state index contributed by atoms with van der Waals surface area (Å²) in [5, 5.41) is 0. The summed E-state index contributed by atoms with van der Waals surface area (Å²) in [6, 6.07) is 5.07. The molecule has 5 fully saturated rings. The Morgan fingerprint density at radius 2 is 1.67 bits per heavy atom. The number of carbonyl (C=O) groups is 2. The molecule has 3 heterocycles. The van der Waals surface area contributed by atoms with E-state index in [0.717, 1.165) is 57.7 Å². The lowest BCUT2D eigenvalue weighted by Crippen LogP contribution is -2.63. The Balaban J connectivity index is 1.35. The molecule has 3 aliphatic heterocycles. The normalized spacial score (nSPS) is 33.1. The molecular formula is C23H27F3N2O2. The molecule has 0 aromatic heterocycles. The molecule has 4 nitrogen and oxygen atoms in total. The van der Waals surface area contributed by atoms with Gasteiger partial charge in [0.1, 0.15) is 6.04 Å². The highest BCUT2D eigenvalue weighted by molar-refractivity contribution is 5.91. The van der Waals surface area contributed by atoms with Gasteiger partial charge < -0.3 is 9.80 Å². The summed E-state index contributed by atoms with van der Waals surface area (Å²) in [5.41, 5.74) is -0.0926. The van der Waals surface area contributed by atoms with Crippen molar-refractivity contribution >= 4 is 11.8 Å². The van der Waals surface area contributed by atoms with E-state index in [4.69, 9.17) is 0 Å². The van der Waals surface area contributed by atoms with E-state index in [1.165, 1.54) is 12.1 Å². The first-order chi connectivity index (χ1) is 14.3. The summed E-state index contributed by atoms with van der Waals surface area (Å²) in [4.78, 5) is 30.5. The summed E-state index contributed by atoms with van der Waals surface area (Å²) >= 11 is 0. The number of hydrogen-bond donors (Lipinski definition) is 0. The standard InChI is InChI=1S/C23H27F3N2O2/c24-23(25,26)16-5-3-4-15(12-16)18-13-19(18)21(29)28-17-8-6-14(7-9-17)20(28)22(30)27-10-1-2-11-27/h3-5,12,14,17-20H,1-2,6-11,13H2/t14?,17?,18?,19?,20-/m0/s1. The number of likely N-dealkylation sites (tertiary alicyclic amines) is 1. The fraction of sp³-hybridized carbons (Fsp3) is 0.652. The van der Waals surface area contributed by atoms with Crippen LogP contribution in [0.4, 0.5) is 13.2 Å². The van der Waals surface area contributed by atoms with Crippen molar-refractivity contribution in [2.24, 2.45) is 11.8 Å². The van der Waals surface area contributed by atoms with E-state index in [-0.39, 0.29) is 41.7 Å². The number of benzene rings is 1. The second-order valence-corrected chi connectivity index (χ2v) is 9.36. The molecule has 5 aliphatic rings. The fourth-order valence-electron chi connectivity index (χ4n) is 5.89. The van der Waals surface area contributed by atoms with E-state index >= 15 is 0 Å². The Hall–Kier alpha value is -2.05. The van der Waals surface area contributed by atoms with Crippen LogP contribution in [0.2, 0.25) is 0 Å². The smallest absolute Gasteiger partial charge is 0.341 e. The van der Waals surface area contributed by atoms with Crippen LogP contribution in [0.1, 0.15) is 62.0 Å². The van der Waals surface area contributed by atoms with Crippen molar-refractivity contribution in [3.05, 3.63) is 35.4 Å². The maximum absolute atomic E-state index is 13.5. The van der Waals surface area contributed by atoms with E-state index in [2.05, 4.69) is 0 Å².